The number of esters is 1. The van der Waals surface area contributed by atoms with Crippen molar-refractivity contribution in [3.05, 3.63) is 18.0 Å². The largest absolute Gasteiger partial charge is 0.465 e. The molecule has 0 saturated heterocycles. The molecule has 0 aliphatic heterocycles. The van der Waals surface area contributed by atoms with Crippen LogP contribution in [-0.2, 0) is 9.53 Å². The molecular weight excluding hydrogens is 274 g/mol. The van der Waals surface area contributed by atoms with Crippen molar-refractivity contribution in [2.24, 2.45) is 0 Å². The van der Waals surface area contributed by atoms with Crippen molar-refractivity contribution in [3.63, 3.8) is 0 Å². The summed E-state index contributed by atoms with van der Waals surface area (Å²) in [5, 5.41) is 4.11. The standard InChI is InChI=1S/C14H21N3O2S/c1-3-19-13(18)12(17-11-4-5-11)7-9-20-14-15-8-6-10(2)16-14/h6,8,11-12,17H,3-5,7,9H2,1-2H3. The van der Waals surface area contributed by atoms with Gasteiger partial charge in [0, 0.05) is 23.7 Å². The highest BCUT2D eigenvalue weighted by Crippen LogP contribution is 2.21. The fourth-order valence-corrected chi connectivity index (χ4v) is 2.69. The van der Waals surface area contributed by atoms with E-state index in [0.717, 1.165) is 35.9 Å². The Morgan fingerprint density at radius 3 is 3.05 bits per heavy atom. The van der Waals surface area contributed by atoms with Crippen LogP contribution in [0.15, 0.2) is 17.4 Å². The lowest BCUT2D eigenvalue weighted by atomic mass is 10.2. The van der Waals surface area contributed by atoms with Gasteiger partial charge < -0.3 is 10.1 Å². The minimum absolute atomic E-state index is 0.148. The molecule has 2 rings (SSSR count). The number of thioether (sulfide) groups is 1. The Balaban J connectivity index is 1.79. The normalized spacial score (nSPS) is 15.9. The van der Waals surface area contributed by atoms with Gasteiger partial charge in [-0.3, -0.25) is 4.79 Å². The van der Waals surface area contributed by atoms with E-state index in [9.17, 15) is 4.79 Å². The average Bonchev–Trinajstić information content (AvgIpc) is 3.22. The number of carbonyl (C=O) groups excluding carboxylic acids is 1. The van der Waals surface area contributed by atoms with Gasteiger partial charge in [0.25, 0.3) is 0 Å². The second-order valence-corrected chi connectivity index (χ2v) is 5.93. The first-order valence-corrected chi connectivity index (χ1v) is 8.02. The van der Waals surface area contributed by atoms with Crippen LogP contribution in [0.2, 0.25) is 0 Å². The lowest BCUT2D eigenvalue weighted by molar-refractivity contribution is -0.145. The molecule has 6 heteroatoms. The Morgan fingerprint density at radius 1 is 1.60 bits per heavy atom. The Kier molecular flexibility index (Phi) is 5.79. The van der Waals surface area contributed by atoms with Gasteiger partial charge in [0.05, 0.1) is 6.61 Å². The number of rotatable bonds is 8. The second-order valence-electron chi connectivity index (χ2n) is 4.86. The molecule has 1 aromatic heterocycles. The van der Waals surface area contributed by atoms with Crippen LogP contribution in [0.1, 0.15) is 31.9 Å². The van der Waals surface area contributed by atoms with Gasteiger partial charge in [-0.15, -0.1) is 0 Å². The molecular formula is C14H21N3O2S. The zero-order valence-electron chi connectivity index (χ0n) is 12.0. The van der Waals surface area contributed by atoms with Crippen molar-refractivity contribution in [1.29, 1.82) is 0 Å². The first-order chi connectivity index (χ1) is 9.69. The van der Waals surface area contributed by atoms with Crippen LogP contribution < -0.4 is 5.32 Å². The Hall–Kier alpha value is -1.14. The van der Waals surface area contributed by atoms with Crippen LogP contribution in [-0.4, -0.2) is 40.4 Å². The number of aromatic nitrogens is 2. The minimum Gasteiger partial charge on any atom is -0.465 e. The highest BCUT2D eigenvalue weighted by atomic mass is 32.2. The molecule has 1 aliphatic rings. The van der Waals surface area contributed by atoms with Crippen molar-refractivity contribution >= 4 is 17.7 Å². The molecule has 0 bridgehead atoms. The molecule has 1 N–H and O–H groups in total. The molecule has 1 aliphatic carbocycles. The lowest BCUT2D eigenvalue weighted by Gasteiger charge is -2.16. The summed E-state index contributed by atoms with van der Waals surface area (Å²) in [5.41, 5.74) is 0.959. The molecule has 1 unspecified atom stereocenters. The van der Waals surface area contributed by atoms with E-state index < -0.39 is 0 Å². The Morgan fingerprint density at radius 2 is 2.40 bits per heavy atom. The molecule has 1 atom stereocenters. The molecule has 1 aromatic rings. The first-order valence-electron chi connectivity index (χ1n) is 7.04. The zero-order valence-corrected chi connectivity index (χ0v) is 12.8. The van der Waals surface area contributed by atoms with E-state index in [-0.39, 0.29) is 12.0 Å². The quantitative estimate of drug-likeness (QED) is 0.449. The SMILES string of the molecule is CCOC(=O)C(CCSc1nccc(C)n1)NC1CC1. The predicted molar refractivity (Wildman–Crippen MR) is 78.7 cm³/mol. The van der Waals surface area contributed by atoms with Crippen LogP contribution in [0.4, 0.5) is 0 Å². The minimum atomic E-state index is -0.209. The fourth-order valence-electron chi connectivity index (χ4n) is 1.81. The van der Waals surface area contributed by atoms with Gasteiger partial charge in [-0.1, -0.05) is 11.8 Å². The van der Waals surface area contributed by atoms with E-state index in [0.29, 0.717) is 12.6 Å². The Bertz CT molecular complexity index is 452. The van der Waals surface area contributed by atoms with Crippen molar-refractivity contribution in [3.8, 4) is 0 Å². The third kappa shape index (κ3) is 5.09. The van der Waals surface area contributed by atoms with E-state index in [4.69, 9.17) is 4.74 Å². The summed E-state index contributed by atoms with van der Waals surface area (Å²) in [5.74, 6) is 0.650. The molecule has 0 radical (unpaired) electrons. The Labute approximate surface area is 123 Å². The number of carbonyl (C=O) groups is 1. The molecule has 1 fully saturated rings. The van der Waals surface area contributed by atoms with Gasteiger partial charge >= 0.3 is 5.97 Å². The average molecular weight is 295 g/mol. The fraction of sp³-hybridized carbons (Fsp3) is 0.643. The summed E-state index contributed by atoms with van der Waals surface area (Å²) in [6, 6.07) is 2.16. The molecule has 0 spiro atoms. The third-order valence-electron chi connectivity index (χ3n) is 3.00. The smallest absolute Gasteiger partial charge is 0.323 e. The number of ether oxygens (including phenoxy) is 1. The van der Waals surface area contributed by atoms with Crippen LogP contribution in [0.5, 0.6) is 0 Å². The highest BCUT2D eigenvalue weighted by Gasteiger charge is 2.28. The van der Waals surface area contributed by atoms with E-state index in [1.165, 1.54) is 0 Å². The maximum atomic E-state index is 11.9. The summed E-state index contributed by atoms with van der Waals surface area (Å²) >= 11 is 1.58. The van der Waals surface area contributed by atoms with Gasteiger partial charge in [-0.2, -0.15) is 0 Å². The number of nitrogens with one attached hydrogen (secondary N) is 1. The summed E-state index contributed by atoms with van der Waals surface area (Å²) in [7, 11) is 0. The van der Waals surface area contributed by atoms with E-state index in [1.807, 2.05) is 19.9 Å². The van der Waals surface area contributed by atoms with Crippen LogP contribution in [0.3, 0.4) is 0 Å². The number of nitrogens with zero attached hydrogens (tertiary/aromatic N) is 2. The van der Waals surface area contributed by atoms with E-state index in [1.54, 1.807) is 18.0 Å². The summed E-state index contributed by atoms with van der Waals surface area (Å²) in [6.45, 7) is 4.21. The first kappa shape index (κ1) is 15.3. The van der Waals surface area contributed by atoms with Crippen molar-refractivity contribution in [1.82, 2.24) is 15.3 Å². The summed E-state index contributed by atoms with van der Waals surface area (Å²) < 4.78 is 5.11. The molecule has 110 valence electrons. The number of hydrogen-bond acceptors (Lipinski definition) is 6. The molecule has 0 amide bonds. The summed E-state index contributed by atoms with van der Waals surface area (Å²) in [4.78, 5) is 20.4. The van der Waals surface area contributed by atoms with E-state index in [2.05, 4.69) is 15.3 Å². The van der Waals surface area contributed by atoms with Crippen LogP contribution >= 0.6 is 11.8 Å². The predicted octanol–water partition coefficient (Wildman–Crippen LogP) is 1.95. The van der Waals surface area contributed by atoms with Gasteiger partial charge in [-0.05, 0) is 39.2 Å². The monoisotopic (exact) mass is 295 g/mol. The van der Waals surface area contributed by atoms with Crippen molar-refractivity contribution in [2.45, 2.75) is 50.4 Å². The third-order valence-corrected chi connectivity index (χ3v) is 3.89. The molecule has 1 saturated carbocycles. The molecule has 5 nitrogen and oxygen atoms in total. The maximum Gasteiger partial charge on any atom is 0.323 e. The maximum absolute atomic E-state index is 11.9. The number of aryl methyl sites for hydroxylation is 1. The highest BCUT2D eigenvalue weighted by molar-refractivity contribution is 7.99. The van der Waals surface area contributed by atoms with Gasteiger partial charge in [0.2, 0.25) is 0 Å². The molecule has 20 heavy (non-hydrogen) atoms. The zero-order chi connectivity index (χ0) is 14.4. The molecule has 1 heterocycles. The van der Waals surface area contributed by atoms with Crippen LogP contribution in [0, 0.1) is 6.92 Å². The van der Waals surface area contributed by atoms with Gasteiger partial charge in [0.1, 0.15) is 6.04 Å². The summed E-state index contributed by atoms with van der Waals surface area (Å²) in [6.07, 6.45) is 4.81. The molecule has 0 aromatic carbocycles. The van der Waals surface area contributed by atoms with Crippen LogP contribution in [0.25, 0.3) is 0 Å². The van der Waals surface area contributed by atoms with Gasteiger partial charge in [-0.25, -0.2) is 9.97 Å². The topological polar surface area (TPSA) is 64.1 Å². The van der Waals surface area contributed by atoms with E-state index >= 15 is 0 Å². The lowest BCUT2D eigenvalue weighted by Crippen LogP contribution is -2.39. The number of hydrogen-bond donors (Lipinski definition) is 1. The van der Waals surface area contributed by atoms with Crippen molar-refractivity contribution < 1.29 is 9.53 Å². The van der Waals surface area contributed by atoms with Crippen molar-refractivity contribution in [2.75, 3.05) is 12.4 Å². The second kappa shape index (κ2) is 7.59. The van der Waals surface area contributed by atoms with Gasteiger partial charge in [0.15, 0.2) is 5.16 Å².